The van der Waals surface area contributed by atoms with Gasteiger partial charge in [0.2, 0.25) is 8.77 Å². The van der Waals surface area contributed by atoms with Gasteiger partial charge in [-0.05, 0) is 86.2 Å². The first-order valence-electron chi connectivity index (χ1n) is 10.8. The summed E-state index contributed by atoms with van der Waals surface area (Å²) in [7, 11) is 1.68. The predicted molar refractivity (Wildman–Crippen MR) is 143 cm³/mol. The maximum absolute atomic E-state index is 6.24. The van der Waals surface area contributed by atoms with Gasteiger partial charge in [-0.1, -0.05) is 47.3 Å². The Hall–Kier alpha value is -0.800. The zero-order valence-electron chi connectivity index (χ0n) is 19.0. The molecule has 176 valence electrons. The zero-order chi connectivity index (χ0) is 23.0. The molecule has 2 aliphatic carbocycles. The van der Waals surface area contributed by atoms with Crippen LogP contribution in [-0.4, -0.2) is 48.2 Å². The second-order valence-electron chi connectivity index (χ2n) is 8.16. The second-order valence-corrected chi connectivity index (χ2v) is 11.0. The molecule has 0 radical (unpaired) electrons. The van der Waals surface area contributed by atoms with E-state index in [1.807, 2.05) is 36.8 Å². The molecule has 0 heterocycles. The molecule has 0 amide bonds. The monoisotopic (exact) mass is 512 g/mol. The van der Waals surface area contributed by atoms with Gasteiger partial charge in [0.05, 0.1) is 33.5 Å². The Morgan fingerprint density at radius 1 is 1.03 bits per heavy atom. The lowest BCUT2D eigenvalue weighted by Gasteiger charge is -2.47. The van der Waals surface area contributed by atoms with Gasteiger partial charge in [-0.25, -0.2) is 0 Å². The van der Waals surface area contributed by atoms with Gasteiger partial charge in [0.1, 0.15) is 5.75 Å². The van der Waals surface area contributed by atoms with Gasteiger partial charge < -0.3 is 18.9 Å². The van der Waals surface area contributed by atoms with E-state index in [2.05, 4.69) is 6.08 Å². The number of rotatable bonds is 9. The third-order valence-electron chi connectivity index (χ3n) is 6.61. The van der Waals surface area contributed by atoms with Gasteiger partial charge in [0.25, 0.3) is 0 Å². The van der Waals surface area contributed by atoms with Crippen LogP contribution in [-0.2, 0) is 20.8 Å². The summed E-state index contributed by atoms with van der Waals surface area (Å²) in [6.45, 7) is 2.44. The minimum atomic E-state index is -0.119. The summed E-state index contributed by atoms with van der Waals surface area (Å²) in [6, 6.07) is 8.03. The molecule has 8 heteroatoms. The van der Waals surface area contributed by atoms with Gasteiger partial charge in [-0.3, -0.25) is 0 Å². The molecule has 3 rings (SSSR count). The van der Waals surface area contributed by atoms with Crippen LogP contribution in [0.4, 0.5) is 0 Å². The molecular weight excluding hydrogens is 481 g/mol. The molecule has 0 saturated heterocycles. The van der Waals surface area contributed by atoms with Crippen LogP contribution in [0.15, 0.2) is 35.9 Å². The van der Waals surface area contributed by atoms with Crippen molar-refractivity contribution >= 4 is 56.7 Å². The third-order valence-corrected chi connectivity index (χ3v) is 8.75. The molecule has 1 aromatic carbocycles. The van der Waals surface area contributed by atoms with E-state index in [0.717, 1.165) is 30.6 Å². The fourth-order valence-corrected chi connectivity index (χ4v) is 5.45. The number of hydrogen-bond acceptors (Lipinski definition) is 8. The number of fused-ring (bicyclic) bond motifs is 1. The second kappa shape index (κ2) is 12.6. The van der Waals surface area contributed by atoms with Gasteiger partial charge in [-0.2, -0.15) is 0 Å². The largest absolute Gasteiger partial charge is 0.497 e. The van der Waals surface area contributed by atoms with E-state index in [4.69, 9.17) is 43.4 Å². The first kappa shape index (κ1) is 25.8. The van der Waals surface area contributed by atoms with Crippen molar-refractivity contribution in [1.29, 1.82) is 0 Å². The minimum absolute atomic E-state index is 0.119. The van der Waals surface area contributed by atoms with Crippen molar-refractivity contribution in [3.8, 4) is 5.75 Å². The fraction of sp³-hybridized carbons (Fsp3) is 0.583. The molecule has 32 heavy (non-hydrogen) atoms. The van der Waals surface area contributed by atoms with Crippen molar-refractivity contribution in [3.63, 3.8) is 0 Å². The SMILES string of the molecule is COc1ccc(COC[C@H]2CC=C3CCC[C@H](COC(=S)SC)[C@]32COC(=S)SC)cc1. The van der Waals surface area contributed by atoms with E-state index in [9.17, 15) is 0 Å². The van der Waals surface area contributed by atoms with E-state index in [1.165, 1.54) is 35.5 Å². The molecule has 0 N–H and O–H groups in total. The standard InChI is InChI=1S/C24H32O4S4/c1-25-21-11-7-17(8-12-21)13-26-14-20-10-9-18-5-4-6-19(15-27-22(29)31-2)24(18,20)16-28-23(30)32-3/h7-9,11-12,19-20H,4-6,10,13-16H2,1-3H3/t19-,20-,24+/m1/s1. The Balaban J connectivity index is 1.73. The van der Waals surface area contributed by atoms with Crippen molar-refractivity contribution in [2.24, 2.45) is 17.3 Å². The Morgan fingerprint density at radius 3 is 2.44 bits per heavy atom. The van der Waals surface area contributed by atoms with Gasteiger partial charge in [-0.15, -0.1) is 0 Å². The van der Waals surface area contributed by atoms with Crippen LogP contribution in [0.3, 0.4) is 0 Å². The van der Waals surface area contributed by atoms with Gasteiger partial charge in [0, 0.05) is 11.3 Å². The maximum Gasteiger partial charge on any atom is 0.219 e. The van der Waals surface area contributed by atoms with E-state index in [-0.39, 0.29) is 5.41 Å². The van der Waals surface area contributed by atoms with Crippen molar-refractivity contribution < 1.29 is 18.9 Å². The maximum atomic E-state index is 6.24. The van der Waals surface area contributed by atoms with E-state index < -0.39 is 0 Å². The quantitative estimate of drug-likeness (QED) is 0.283. The number of hydrogen-bond donors (Lipinski definition) is 0. The molecule has 1 fully saturated rings. The molecule has 0 aliphatic heterocycles. The Morgan fingerprint density at radius 2 is 1.75 bits per heavy atom. The van der Waals surface area contributed by atoms with Gasteiger partial charge in [0.15, 0.2) is 0 Å². The topological polar surface area (TPSA) is 36.9 Å². The normalized spacial score (nSPS) is 24.4. The number of allylic oxidation sites excluding steroid dienone is 1. The first-order chi connectivity index (χ1) is 15.5. The highest BCUT2D eigenvalue weighted by atomic mass is 32.2. The molecule has 0 aromatic heterocycles. The van der Waals surface area contributed by atoms with Crippen LogP contribution in [0.5, 0.6) is 5.75 Å². The molecule has 1 aromatic rings. The van der Waals surface area contributed by atoms with Crippen LogP contribution >= 0.6 is 48.0 Å². The minimum Gasteiger partial charge on any atom is -0.497 e. The number of ether oxygens (including phenoxy) is 4. The van der Waals surface area contributed by atoms with Crippen LogP contribution in [0.25, 0.3) is 0 Å². The highest BCUT2D eigenvalue weighted by Gasteiger charge is 2.53. The number of benzene rings is 1. The molecule has 1 saturated carbocycles. The first-order valence-corrected chi connectivity index (χ1v) is 14.1. The molecule has 4 nitrogen and oxygen atoms in total. The fourth-order valence-electron chi connectivity index (χ4n) is 4.96. The molecule has 0 unspecified atom stereocenters. The summed E-state index contributed by atoms with van der Waals surface area (Å²) in [5.41, 5.74) is 2.50. The Bertz CT molecular complexity index is 811. The Kier molecular flexibility index (Phi) is 10.2. The molecular formula is C24H32O4S4. The van der Waals surface area contributed by atoms with Crippen molar-refractivity contribution in [1.82, 2.24) is 0 Å². The third kappa shape index (κ3) is 6.20. The lowest BCUT2D eigenvalue weighted by Crippen LogP contribution is -2.47. The summed E-state index contributed by atoms with van der Waals surface area (Å²) in [5, 5.41) is 0. The number of thioether (sulfide) groups is 2. The smallest absolute Gasteiger partial charge is 0.219 e. The van der Waals surface area contributed by atoms with Crippen molar-refractivity contribution in [2.75, 3.05) is 39.4 Å². The van der Waals surface area contributed by atoms with Crippen LogP contribution < -0.4 is 4.74 Å². The van der Waals surface area contributed by atoms with Gasteiger partial charge >= 0.3 is 0 Å². The van der Waals surface area contributed by atoms with Crippen molar-refractivity contribution in [2.45, 2.75) is 32.3 Å². The van der Waals surface area contributed by atoms with E-state index >= 15 is 0 Å². The van der Waals surface area contributed by atoms with Crippen LogP contribution in [0.2, 0.25) is 0 Å². The van der Waals surface area contributed by atoms with E-state index in [0.29, 0.717) is 47.0 Å². The lowest BCUT2D eigenvalue weighted by molar-refractivity contribution is -0.0304. The summed E-state index contributed by atoms with van der Waals surface area (Å²) < 4.78 is 24.7. The molecule has 0 bridgehead atoms. The summed E-state index contributed by atoms with van der Waals surface area (Å²) in [4.78, 5) is 0. The highest BCUT2D eigenvalue weighted by molar-refractivity contribution is 8.22. The highest BCUT2D eigenvalue weighted by Crippen LogP contribution is 2.56. The Labute approximate surface area is 211 Å². The van der Waals surface area contributed by atoms with E-state index in [1.54, 1.807) is 7.11 Å². The molecule has 3 atom stereocenters. The number of thiocarbonyl (C=S) groups is 2. The summed E-state index contributed by atoms with van der Waals surface area (Å²) in [5.74, 6) is 1.51. The molecule has 2 aliphatic rings. The predicted octanol–water partition coefficient (Wildman–Crippen LogP) is 6.27. The average molecular weight is 513 g/mol. The lowest BCUT2D eigenvalue weighted by atomic mass is 9.60. The van der Waals surface area contributed by atoms with Crippen LogP contribution in [0.1, 0.15) is 31.2 Å². The molecule has 0 spiro atoms. The number of methoxy groups -OCH3 is 1. The summed E-state index contributed by atoms with van der Waals surface area (Å²) in [6.07, 6.45) is 10.7. The zero-order valence-corrected chi connectivity index (χ0v) is 22.2. The van der Waals surface area contributed by atoms with Crippen LogP contribution in [0, 0.1) is 17.3 Å². The average Bonchev–Trinajstić information content (AvgIpc) is 3.20. The van der Waals surface area contributed by atoms with Crippen molar-refractivity contribution in [3.05, 3.63) is 41.5 Å². The summed E-state index contributed by atoms with van der Waals surface area (Å²) >= 11 is 13.7.